The van der Waals surface area contributed by atoms with Crippen molar-refractivity contribution in [2.75, 3.05) is 25.5 Å². The number of hydrogen-bond donors (Lipinski definition) is 2. The highest BCUT2D eigenvalue weighted by atomic mass is 35.5. The first-order valence-electron chi connectivity index (χ1n) is 7.09. The summed E-state index contributed by atoms with van der Waals surface area (Å²) in [6, 6.07) is 4.52. The minimum Gasteiger partial charge on any atom is -0.325 e. The molecule has 0 saturated carbocycles. The number of hydrogen-bond acceptors (Lipinski definition) is 4. The lowest BCUT2D eigenvalue weighted by molar-refractivity contribution is -0.114. The van der Waals surface area contributed by atoms with Crippen LogP contribution in [0.4, 0.5) is 5.69 Å². The van der Waals surface area contributed by atoms with Gasteiger partial charge in [-0.25, -0.2) is 8.42 Å². The Balaban J connectivity index is 2.26. The molecule has 8 heteroatoms. The van der Waals surface area contributed by atoms with Gasteiger partial charge in [0, 0.05) is 26.1 Å². The van der Waals surface area contributed by atoms with E-state index in [-0.39, 0.29) is 21.9 Å². The minimum atomic E-state index is -3.58. The van der Waals surface area contributed by atoms with Crippen LogP contribution in [-0.2, 0) is 14.8 Å². The summed E-state index contributed by atoms with van der Waals surface area (Å²) in [6.07, 6.45) is 1.78. The average Bonchev–Trinajstić information content (AvgIpc) is 2.49. The highest BCUT2D eigenvalue weighted by Crippen LogP contribution is 2.28. The Hall–Kier alpha value is -1.15. The van der Waals surface area contributed by atoms with Gasteiger partial charge in [-0.15, -0.1) is 0 Å². The van der Waals surface area contributed by atoms with Crippen molar-refractivity contribution in [1.82, 2.24) is 9.62 Å². The van der Waals surface area contributed by atoms with Gasteiger partial charge in [0.2, 0.25) is 15.9 Å². The SMILES string of the molecule is CNC1CCCN(S(=O)(=O)c2ccc(NC(C)=O)c(Cl)c2)C1. The third-order valence-electron chi connectivity index (χ3n) is 3.68. The van der Waals surface area contributed by atoms with Crippen molar-refractivity contribution in [1.29, 1.82) is 0 Å². The number of carbonyl (C=O) groups is 1. The molecular formula is C14H20ClN3O3S. The van der Waals surface area contributed by atoms with Crippen molar-refractivity contribution in [2.24, 2.45) is 0 Å². The van der Waals surface area contributed by atoms with Crippen molar-refractivity contribution >= 4 is 33.2 Å². The summed E-state index contributed by atoms with van der Waals surface area (Å²) < 4.78 is 26.8. The number of amides is 1. The molecule has 1 saturated heterocycles. The summed E-state index contributed by atoms with van der Waals surface area (Å²) in [5, 5.41) is 5.88. The second-order valence-corrected chi connectivity index (χ2v) is 7.66. The van der Waals surface area contributed by atoms with E-state index in [0.717, 1.165) is 12.8 Å². The third kappa shape index (κ3) is 3.78. The summed E-state index contributed by atoms with van der Waals surface area (Å²) in [5.74, 6) is -0.259. The fourth-order valence-corrected chi connectivity index (χ4v) is 4.34. The maximum atomic E-state index is 12.7. The first-order chi connectivity index (χ1) is 10.3. The van der Waals surface area contributed by atoms with Gasteiger partial charge in [0.15, 0.2) is 0 Å². The zero-order chi connectivity index (χ0) is 16.3. The molecule has 22 heavy (non-hydrogen) atoms. The Morgan fingerprint density at radius 3 is 2.73 bits per heavy atom. The van der Waals surface area contributed by atoms with Gasteiger partial charge in [-0.3, -0.25) is 4.79 Å². The van der Waals surface area contributed by atoms with Gasteiger partial charge in [-0.05, 0) is 38.1 Å². The third-order valence-corrected chi connectivity index (χ3v) is 5.86. The van der Waals surface area contributed by atoms with E-state index in [1.807, 2.05) is 7.05 Å². The molecule has 1 atom stereocenters. The van der Waals surface area contributed by atoms with Gasteiger partial charge >= 0.3 is 0 Å². The number of benzene rings is 1. The van der Waals surface area contributed by atoms with E-state index in [0.29, 0.717) is 18.8 Å². The number of rotatable bonds is 4. The quantitative estimate of drug-likeness (QED) is 0.870. The first-order valence-corrected chi connectivity index (χ1v) is 8.91. The molecule has 122 valence electrons. The Kier molecular flexibility index (Phi) is 5.44. The summed E-state index contributed by atoms with van der Waals surface area (Å²) in [7, 11) is -1.74. The van der Waals surface area contributed by atoms with Crippen LogP contribution in [0, 0.1) is 0 Å². The number of halogens is 1. The summed E-state index contributed by atoms with van der Waals surface area (Å²) in [6.45, 7) is 2.32. The highest BCUT2D eigenvalue weighted by molar-refractivity contribution is 7.89. The van der Waals surface area contributed by atoms with Crippen molar-refractivity contribution in [2.45, 2.75) is 30.7 Å². The molecule has 1 aliphatic heterocycles. The van der Waals surface area contributed by atoms with Crippen LogP contribution in [0.5, 0.6) is 0 Å². The molecule has 0 spiro atoms. The average molecular weight is 346 g/mol. The lowest BCUT2D eigenvalue weighted by Gasteiger charge is -2.31. The predicted molar refractivity (Wildman–Crippen MR) is 86.6 cm³/mol. The number of nitrogens with one attached hydrogen (secondary N) is 2. The Morgan fingerprint density at radius 2 is 2.14 bits per heavy atom. The molecule has 1 aliphatic rings. The molecule has 6 nitrogen and oxygen atoms in total. The molecule has 1 aromatic carbocycles. The standard InChI is InChI=1S/C14H20ClN3O3S/c1-10(19)17-14-6-5-12(8-13(14)15)22(20,21)18-7-3-4-11(9-18)16-2/h5-6,8,11,16H,3-4,7,9H2,1-2H3,(H,17,19). The van der Waals surface area contributed by atoms with Gasteiger partial charge in [-0.1, -0.05) is 11.6 Å². The lowest BCUT2D eigenvalue weighted by atomic mass is 10.1. The lowest BCUT2D eigenvalue weighted by Crippen LogP contribution is -2.46. The van der Waals surface area contributed by atoms with Gasteiger partial charge in [0.05, 0.1) is 15.6 Å². The second kappa shape index (κ2) is 6.95. The van der Waals surface area contributed by atoms with Crippen molar-refractivity contribution in [3.63, 3.8) is 0 Å². The highest BCUT2D eigenvalue weighted by Gasteiger charge is 2.30. The molecule has 1 fully saturated rings. The minimum absolute atomic E-state index is 0.142. The molecule has 2 rings (SSSR count). The van der Waals surface area contributed by atoms with E-state index in [9.17, 15) is 13.2 Å². The summed E-state index contributed by atoms with van der Waals surface area (Å²) in [5.41, 5.74) is 0.403. The number of piperidine rings is 1. The zero-order valence-corrected chi connectivity index (χ0v) is 14.2. The smallest absolute Gasteiger partial charge is 0.243 e. The topological polar surface area (TPSA) is 78.5 Å². The summed E-state index contributed by atoms with van der Waals surface area (Å²) in [4.78, 5) is 11.2. The molecule has 2 N–H and O–H groups in total. The van der Waals surface area contributed by atoms with Gasteiger partial charge < -0.3 is 10.6 Å². The molecule has 1 heterocycles. The Bertz CT molecular complexity index is 663. The molecule has 1 unspecified atom stereocenters. The van der Waals surface area contributed by atoms with E-state index in [1.165, 1.54) is 29.4 Å². The van der Waals surface area contributed by atoms with Gasteiger partial charge in [0.1, 0.15) is 0 Å². The number of likely N-dealkylation sites (N-methyl/N-ethyl adjacent to an activating group) is 1. The van der Waals surface area contributed by atoms with Crippen LogP contribution in [0.15, 0.2) is 23.1 Å². The fourth-order valence-electron chi connectivity index (χ4n) is 2.49. The van der Waals surface area contributed by atoms with E-state index in [2.05, 4.69) is 10.6 Å². The van der Waals surface area contributed by atoms with Crippen molar-refractivity contribution in [3.8, 4) is 0 Å². The Morgan fingerprint density at radius 1 is 1.41 bits per heavy atom. The second-order valence-electron chi connectivity index (χ2n) is 5.31. The monoisotopic (exact) mass is 345 g/mol. The van der Waals surface area contributed by atoms with E-state index in [1.54, 1.807) is 0 Å². The van der Waals surface area contributed by atoms with E-state index in [4.69, 9.17) is 11.6 Å². The van der Waals surface area contributed by atoms with Crippen LogP contribution in [0.25, 0.3) is 0 Å². The molecule has 0 bridgehead atoms. The predicted octanol–water partition coefficient (Wildman–Crippen LogP) is 1.67. The van der Waals surface area contributed by atoms with Crippen LogP contribution >= 0.6 is 11.6 Å². The van der Waals surface area contributed by atoms with Crippen LogP contribution in [-0.4, -0.2) is 44.8 Å². The number of sulfonamides is 1. The maximum Gasteiger partial charge on any atom is 0.243 e. The largest absolute Gasteiger partial charge is 0.325 e. The molecule has 0 aromatic heterocycles. The number of carbonyl (C=O) groups excluding carboxylic acids is 1. The van der Waals surface area contributed by atoms with E-state index < -0.39 is 10.0 Å². The van der Waals surface area contributed by atoms with E-state index >= 15 is 0 Å². The molecular weight excluding hydrogens is 326 g/mol. The Labute approximate surface area is 135 Å². The van der Waals surface area contributed by atoms with Crippen molar-refractivity contribution < 1.29 is 13.2 Å². The number of anilines is 1. The summed E-state index contributed by atoms with van der Waals surface area (Å²) >= 11 is 6.06. The fraction of sp³-hybridized carbons (Fsp3) is 0.500. The number of nitrogens with zero attached hydrogens (tertiary/aromatic N) is 1. The van der Waals surface area contributed by atoms with Gasteiger partial charge in [-0.2, -0.15) is 4.31 Å². The normalized spacial score (nSPS) is 19.9. The molecule has 1 aromatic rings. The first kappa shape index (κ1) is 17.2. The molecule has 1 amide bonds. The zero-order valence-electron chi connectivity index (χ0n) is 12.6. The van der Waals surface area contributed by atoms with Crippen LogP contribution in [0.1, 0.15) is 19.8 Å². The maximum absolute atomic E-state index is 12.7. The molecule has 0 aliphatic carbocycles. The molecule has 0 radical (unpaired) electrons. The van der Waals surface area contributed by atoms with Crippen LogP contribution in [0.3, 0.4) is 0 Å². The van der Waals surface area contributed by atoms with Crippen LogP contribution in [0.2, 0.25) is 5.02 Å². The van der Waals surface area contributed by atoms with Crippen LogP contribution < -0.4 is 10.6 Å². The van der Waals surface area contributed by atoms with Crippen molar-refractivity contribution in [3.05, 3.63) is 23.2 Å². The van der Waals surface area contributed by atoms with Gasteiger partial charge in [0.25, 0.3) is 0 Å².